The molecule has 1 atom stereocenters. The van der Waals surface area contributed by atoms with Crippen LogP contribution in [0.15, 0.2) is 36.4 Å². The Morgan fingerprint density at radius 2 is 1.89 bits per heavy atom. The number of amides is 1. The Morgan fingerprint density at radius 1 is 1.26 bits per heavy atom. The van der Waals surface area contributed by atoms with Crippen LogP contribution < -0.4 is 5.32 Å². The van der Waals surface area contributed by atoms with Crippen LogP contribution in [0.1, 0.15) is 18.1 Å². The Hall–Kier alpha value is -1.85. The summed E-state index contributed by atoms with van der Waals surface area (Å²) >= 11 is 5.73. The third-order valence-electron chi connectivity index (χ3n) is 2.35. The van der Waals surface area contributed by atoms with Gasteiger partial charge in [0.1, 0.15) is 0 Å². The second-order valence-corrected chi connectivity index (χ2v) is 4.26. The lowest BCUT2D eigenvalue weighted by atomic mass is 10.1. The van der Waals surface area contributed by atoms with E-state index in [0.29, 0.717) is 17.0 Å². The average molecular weight is 284 g/mol. The van der Waals surface area contributed by atoms with Crippen molar-refractivity contribution in [2.75, 3.05) is 6.54 Å². The smallest absolute Gasteiger partial charge is 0.328 e. The maximum absolute atomic E-state index is 11.1. The van der Waals surface area contributed by atoms with E-state index in [1.165, 1.54) is 0 Å². The molecule has 1 unspecified atom stereocenters. The molecule has 0 spiro atoms. The highest BCUT2D eigenvalue weighted by atomic mass is 35.5. The number of carbonyl (C=O) groups is 2. The first-order valence-corrected chi connectivity index (χ1v) is 5.99. The molecule has 1 amide bonds. The second kappa shape index (κ2) is 7.56. The molecule has 1 aromatic rings. The molecule has 0 saturated heterocycles. The van der Waals surface area contributed by atoms with E-state index in [1.54, 1.807) is 24.3 Å². The van der Waals surface area contributed by atoms with Gasteiger partial charge in [-0.05, 0) is 24.1 Å². The van der Waals surface area contributed by atoms with Gasteiger partial charge in [0, 0.05) is 23.7 Å². The summed E-state index contributed by atoms with van der Waals surface area (Å²) in [5.41, 5.74) is 0.708. The molecule has 102 valence electrons. The van der Waals surface area contributed by atoms with Crippen LogP contribution in [0.3, 0.4) is 0 Å². The third kappa shape index (κ3) is 6.03. The number of aliphatic hydroxyl groups is 1. The normalized spacial score (nSPS) is 12.3. The summed E-state index contributed by atoms with van der Waals surface area (Å²) in [5, 5.41) is 21.2. The predicted octanol–water partition coefficient (Wildman–Crippen LogP) is 1.52. The molecule has 0 aliphatic heterocycles. The largest absolute Gasteiger partial charge is 0.478 e. The quantitative estimate of drug-likeness (QED) is 0.691. The average Bonchev–Trinajstić information content (AvgIpc) is 2.37. The van der Waals surface area contributed by atoms with Crippen LogP contribution in [-0.4, -0.2) is 28.6 Å². The number of aliphatic hydroxyl groups excluding tert-OH is 1. The minimum Gasteiger partial charge on any atom is -0.478 e. The topological polar surface area (TPSA) is 86.6 Å². The van der Waals surface area contributed by atoms with E-state index in [4.69, 9.17) is 16.7 Å². The van der Waals surface area contributed by atoms with E-state index in [0.717, 1.165) is 12.2 Å². The van der Waals surface area contributed by atoms with E-state index < -0.39 is 18.0 Å². The van der Waals surface area contributed by atoms with Gasteiger partial charge < -0.3 is 15.5 Å². The second-order valence-electron chi connectivity index (χ2n) is 3.82. The van der Waals surface area contributed by atoms with Crippen molar-refractivity contribution in [3.63, 3.8) is 0 Å². The van der Waals surface area contributed by atoms with Crippen molar-refractivity contribution >= 4 is 23.5 Å². The van der Waals surface area contributed by atoms with Crippen molar-refractivity contribution in [2.45, 2.75) is 12.5 Å². The summed E-state index contributed by atoms with van der Waals surface area (Å²) in [4.78, 5) is 21.3. The lowest BCUT2D eigenvalue weighted by Gasteiger charge is -2.11. The lowest BCUT2D eigenvalue weighted by molar-refractivity contribution is -0.131. The van der Waals surface area contributed by atoms with Crippen LogP contribution in [0.2, 0.25) is 5.02 Å². The Kier molecular flexibility index (Phi) is 6.05. The zero-order chi connectivity index (χ0) is 14.3. The molecule has 0 heterocycles. The van der Waals surface area contributed by atoms with Crippen LogP contribution >= 0.6 is 11.6 Å². The molecule has 3 N–H and O–H groups in total. The van der Waals surface area contributed by atoms with Crippen LogP contribution in [0.25, 0.3) is 0 Å². The Bertz CT molecular complexity index is 470. The van der Waals surface area contributed by atoms with E-state index in [-0.39, 0.29) is 6.54 Å². The fourth-order valence-corrected chi connectivity index (χ4v) is 1.52. The highest BCUT2D eigenvalue weighted by Gasteiger charge is 2.07. The third-order valence-corrected chi connectivity index (χ3v) is 2.60. The van der Waals surface area contributed by atoms with Gasteiger partial charge in [-0.25, -0.2) is 4.79 Å². The highest BCUT2D eigenvalue weighted by Crippen LogP contribution is 2.18. The summed E-state index contributed by atoms with van der Waals surface area (Å²) in [7, 11) is 0. The minimum absolute atomic E-state index is 0.243. The predicted molar refractivity (Wildman–Crippen MR) is 70.8 cm³/mol. The van der Waals surface area contributed by atoms with E-state index in [2.05, 4.69) is 5.32 Å². The number of nitrogens with one attached hydrogen (secondary N) is 1. The van der Waals surface area contributed by atoms with Crippen LogP contribution in [-0.2, 0) is 9.59 Å². The van der Waals surface area contributed by atoms with Crippen LogP contribution in [0.4, 0.5) is 0 Å². The van der Waals surface area contributed by atoms with Gasteiger partial charge >= 0.3 is 5.97 Å². The molecule has 0 saturated carbocycles. The molecule has 0 aliphatic rings. The molecular weight excluding hydrogens is 270 g/mol. The Balaban J connectivity index is 2.34. The first-order valence-electron chi connectivity index (χ1n) is 5.61. The maximum atomic E-state index is 11.1. The first kappa shape index (κ1) is 15.2. The number of carbonyl (C=O) groups excluding carboxylic acids is 1. The minimum atomic E-state index is -1.18. The number of hydrogen-bond acceptors (Lipinski definition) is 3. The van der Waals surface area contributed by atoms with E-state index in [1.807, 2.05) is 0 Å². The van der Waals surface area contributed by atoms with E-state index in [9.17, 15) is 14.7 Å². The van der Waals surface area contributed by atoms with Gasteiger partial charge in [-0.2, -0.15) is 0 Å². The number of rotatable bonds is 6. The summed E-state index contributed by atoms with van der Waals surface area (Å²) in [6.07, 6.45) is 1.30. The van der Waals surface area contributed by atoms with Crippen molar-refractivity contribution < 1.29 is 19.8 Å². The SMILES string of the molecule is O=C(O)/C=C\C(=O)NCCC(O)c1ccc(Cl)cc1. The summed E-state index contributed by atoms with van der Waals surface area (Å²) in [5.74, 6) is -1.69. The zero-order valence-corrected chi connectivity index (χ0v) is 10.8. The summed E-state index contributed by atoms with van der Waals surface area (Å²) in [6.45, 7) is 0.243. The van der Waals surface area contributed by atoms with Gasteiger partial charge in [0.05, 0.1) is 6.10 Å². The molecule has 0 bridgehead atoms. The molecule has 0 aromatic heterocycles. The number of aliphatic carboxylic acids is 1. The number of hydrogen-bond donors (Lipinski definition) is 3. The Morgan fingerprint density at radius 3 is 2.47 bits per heavy atom. The monoisotopic (exact) mass is 283 g/mol. The van der Waals surface area contributed by atoms with Gasteiger partial charge in [-0.15, -0.1) is 0 Å². The Labute approximate surface area is 115 Å². The number of carboxylic acids is 1. The standard InChI is InChI=1S/C13H14ClNO4/c14-10-3-1-9(2-4-10)11(16)7-8-15-12(17)5-6-13(18)19/h1-6,11,16H,7-8H2,(H,15,17)(H,18,19)/b6-5-. The van der Waals surface area contributed by atoms with Crippen molar-refractivity contribution in [1.29, 1.82) is 0 Å². The van der Waals surface area contributed by atoms with Gasteiger partial charge in [-0.3, -0.25) is 4.79 Å². The van der Waals surface area contributed by atoms with Crippen molar-refractivity contribution in [1.82, 2.24) is 5.32 Å². The molecule has 1 rings (SSSR count). The molecule has 5 nitrogen and oxygen atoms in total. The van der Waals surface area contributed by atoms with Gasteiger partial charge in [0.25, 0.3) is 0 Å². The zero-order valence-electron chi connectivity index (χ0n) is 10.0. The van der Waals surface area contributed by atoms with E-state index >= 15 is 0 Å². The molecule has 0 radical (unpaired) electrons. The molecule has 6 heteroatoms. The maximum Gasteiger partial charge on any atom is 0.328 e. The molecule has 0 fully saturated rings. The van der Waals surface area contributed by atoms with Crippen LogP contribution in [0.5, 0.6) is 0 Å². The first-order chi connectivity index (χ1) is 8.99. The molecular formula is C13H14ClNO4. The molecule has 19 heavy (non-hydrogen) atoms. The van der Waals surface area contributed by atoms with Gasteiger partial charge in [0.2, 0.25) is 5.91 Å². The molecule has 1 aromatic carbocycles. The number of carboxylic acid groups (broad SMARTS) is 1. The molecule has 0 aliphatic carbocycles. The number of benzene rings is 1. The fraction of sp³-hybridized carbons (Fsp3) is 0.231. The van der Waals surface area contributed by atoms with Crippen molar-refractivity contribution in [2.24, 2.45) is 0 Å². The summed E-state index contributed by atoms with van der Waals surface area (Å²) in [6, 6.07) is 6.76. The van der Waals surface area contributed by atoms with Crippen molar-refractivity contribution in [3.05, 3.63) is 47.0 Å². The van der Waals surface area contributed by atoms with Gasteiger partial charge in [-0.1, -0.05) is 23.7 Å². The van der Waals surface area contributed by atoms with Crippen molar-refractivity contribution in [3.8, 4) is 0 Å². The highest BCUT2D eigenvalue weighted by molar-refractivity contribution is 6.30. The fourth-order valence-electron chi connectivity index (χ4n) is 1.39. The summed E-state index contributed by atoms with van der Waals surface area (Å²) < 4.78 is 0. The van der Waals surface area contributed by atoms with Crippen LogP contribution in [0, 0.1) is 0 Å². The van der Waals surface area contributed by atoms with Gasteiger partial charge in [0.15, 0.2) is 0 Å². The lowest BCUT2D eigenvalue weighted by Crippen LogP contribution is -2.23. The number of halogens is 1.